The molecule has 1 atom stereocenters. The molecule has 0 unspecified atom stereocenters. The van der Waals surface area contributed by atoms with Crippen LogP contribution in [-0.2, 0) is 6.54 Å². The molecule has 22 heavy (non-hydrogen) atoms. The summed E-state index contributed by atoms with van der Waals surface area (Å²) in [6.45, 7) is 3.70. The van der Waals surface area contributed by atoms with Crippen LogP contribution in [0.3, 0.4) is 0 Å². The molecule has 0 aliphatic heterocycles. The first kappa shape index (κ1) is 14.3. The van der Waals surface area contributed by atoms with E-state index in [-0.39, 0.29) is 0 Å². The Kier molecular flexibility index (Phi) is 4.18. The minimum absolute atomic E-state index is 0.420. The Balaban J connectivity index is 1.57. The molecule has 0 amide bonds. The monoisotopic (exact) mass is 297 g/mol. The third-order valence-corrected chi connectivity index (χ3v) is 3.56. The Morgan fingerprint density at radius 3 is 2.82 bits per heavy atom. The molecule has 0 spiro atoms. The molecule has 6 nitrogen and oxygen atoms in total. The molecule has 2 aromatic heterocycles. The minimum atomic E-state index is 0.420. The SMILES string of the molecule is C[C@@H](CCOc1ccccc1)Cn1cnc2c(N)ncnc21. The van der Waals surface area contributed by atoms with E-state index in [1.165, 1.54) is 6.33 Å². The summed E-state index contributed by atoms with van der Waals surface area (Å²) in [5, 5.41) is 0. The Morgan fingerprint density at radius 2 is 2.00 bits per heavy atom. The Hall–Kier alpha value is -2.63. The molecule has 0 bridgehead atoms. The van der Waals surface area contributed by atoms with E-state index in [1.807, 2.05) is 34.9 Å². The van der Waals surface area contributed by atoms with Crippen molar-refractivity contribution in [2.24, 2.45) is 5.92 Å². The smallest absolute Gasteiger partial charge is 0.165 e. The Labute approximate surface area is 129 Å². The Morgan fingerprint density at radius 1 is 1.18 bits per heavy atom. The molecule has 0 fully saturated rings. The molecule has 3 rings (SSSR count). The summed E-state index contributed by atoms with van der Waals surface area (Å²) in [4.78, 5) is 12.5. The van der Waals surface area contributed by atoms with E-state index in [4.69, 9.17) is 10.5 Å². The first-order chi connectivity index (χ1) is 10.7. The van der Waals surface area contributed by atoms with Gasteiger partial charge < -0.3 is 15.0 Å². The average molecular weight is 297 g/mol. The molecule has 0 aliphatic rings. The fraction of sp³-hybridized carbons (Fsp3) is 0.312. The van der Waals surface area contributed by atoms with Crippen molar-refractivity contribution in [2.45, 2.75) is 19.9 Å². The second kappa shape index (κ2) is 6.43. The van der Waals surface area contributed by atoms with Crippen LogP contribution in [0.1, 0.15) is 13.3 Å². The van der Waals surface area contributed by atoms with Gasteiger partial charge in [0.25, 0.3) is 0 Å². The van der Waals surface area contributed by atoms with Crippen molar-refractivity contribution in [2.75, 3.05) is 12.3 Å². The molecule has 0 saturated carbocycles. The third kappa shape index (κ3) is 3.16. The number of imidazole rings is 1. The maximum atomic E-state index is 5.80. The summed E-state index contributed by atoms with van der Waals surface area (Å²) in [6, 6.07) is 9.86. The van der Waals surface area contributed by atoms with Crippen LogP contribution in [0.15, 0.2) is 43.0 Å². The van der Waals surface area contributed by atoms with Crippen LogP contribution in [0.2, 0.25) is 0 Å². The van der Waals surface area contributed by atoms with Gasteiger partial charge in [-0.2, -0.15) is 0 Å². The van der Waals surface area contributed by atoms with Gasteiger partial charge in [-0.25, -0.2) is 15.0 Å². The molecule has 2 N–H and O–H groups in total. The van der Waals surface area contributed by atoms with E-state index in [1.54, 1.807) is 6.33 Å². The second-order valence-electron chi connectivity index (χ2n) is 5.38. The lowest BCUT2D eigenvalue weighted by atomic mass is 10.1. The van der Waals surface area contributed by atoms with Crippen LogP contribution in [0.5, 0.6) is 5.75 Å². The quantitative estimate of drug-likeness (QED) is 0.756. The zero-order valence-corrected chi connectivity index (χ0v) is 12.5. The van der Waals surface area contributed by atoms with Crippen LogP contribution in [0, 0.1) is 5.92 Å². The van der Waals surface area contributed by atoms with Crippen molar-refractivity contribution < 1.29 is 4.74 Å². The number of nitrogens with zero attached hydrogens (tertiary/aromatic N) is 4. The van der Waals surface area contributed by atoms with Gasteiger partial charge >= 0.3 is 0 Å². The largest absolute Gasteiger partial charge is 0.494 e. The van der Waals surface area contributed by atoms with Gasteiger partial charge in [0, 0.05) is 6.54 Å². The van der Waals surface area contributed by atoms with E-state index in [0.29, 0.717) is 23.9 Å². The van der Waals surface area contributed by atoms with E-state index in [9.17, 15) is 0 Å². The maximum absolute atomic E-state index is 5.80. The van der Waals surface area contributed by atoms with Crippen LogP contribution in [0.4, 0.5) is 5.82 Å². The highest BCUT2D eigenvalue weighted by molar-refractivity contribution is 5.81. The lowest BCUT2D eigenvalue weighted by molar-refractivity contribution is 0.274. The molecular weight excluding hydrogens is 278 g/mol. The second-order valence-corrected chi connectivity index (χ2v) is 5.38. The summed E-state index contributed by atoms with van der Waals surface area (Å²) >= 11 is 0. The maximum Gasteiger partial charge on any atom is 0.165 e. The van der Waals surface area contributed by atoms with Crippen molar-refractivity contribution in [3.05, 3.63) is 43.0 Å². The normalized spacial score (nSPS) is 12.4. The fourth-order valence-electron chi connectivity index (χ4n) is 2.35. The van der Waals surface area contributed by atoms with Gasteiger partial charge in [-0.05, 0) is 24.5 Å². The highest BCUT2D eigenvalue weighted by Gasteiger charge is 2.10. The van der Waals surface area contributed by atoms with Gasteiger partial charge in [-0.15, -0.1) is 0 Å². The summed E-state index contributed by atoms with van der Waals surface area (Å²) < 4.78 is 7.75. The predicted molar refractivity (Wildman–Crippen MR) is 85.5 cm³/mol. The van der Waals surface area contributed by atoms with Gasteiger partial charge in [0.15, 0.2) is 11.5 Å². The summed E-state index contributed by atoms with van der Waals surface area (Å²) in [5.41, 5.74) is 7.24. The molecule has 6 heteroatoms. The number of benzene rings is 1. The van der Waals surface area contributed by atoms with Gasteiger partial charge in [0.05, 0.1) is 12.9 Å². The van der Waals surface area contributed by atoms with E-state index >= 15 is 0 Å². The van der Waals surface area contributed by atoms with Gasteiger partial charge in [-0.1, -0.05) is 25.1 Å². The van der Waals surface area contributed by atoms with E-state index in [2.05, 4.69) is 21.9 Å². The lowest BCUT2D eigenvalue weighted by Crippen LogP contribution is -2.11. The van der Waals surface area contributed by atoms with Crippen LogP contribution < -0.4 is 10.5 Å². The number of nitrogen functional groups attached to an aromatic ring is 1. The van der Waals surface area contributed by atoms with Gasteiger partial charge in [0.1, 0.15) is 17.6 Å². The predicted octanol–water partition coefficient (Wildman–Crippen LogP) is 2.51. The summed E-state index contributed by atoms with van der Waals surface area (Å²) in [7, 11) is 0. The third-order valence-electron chi connectivity index (χ3n) is 3.56. The topological polar surface area (TPSA) is 78.9 Å². The lowest BCUT2D eigenvalue weighted by Gasteiger charge is -2.13. The number of rotatable bonds is 6. The van der Waals surface area contributed by atoms with Crippen molar-refractivity contribution in [1.29, 1.82) is 0 Å². The number of fused-ring (bicyclic) bond motifs is 1. The number of anilines is 1. The zero-order valence-electron chi connectivity index (χ0n) is 12.5. The number of aromatic nitrogens is 4. The summed E-state index contributed by atoms with van der Waals surface area (Å²) in [6.07, 6.45) is 4.19. The molecule has 0 saturated heterocycles. The number of hydrogen-bond donors (Lipinski definition) is 1. The molecule has 0 radical (unpaired) electrons. The number of para-hydroxylation sites is 1. The van der Waals surface area contributed by atoms with E-state index < -0.39 is 0 Å². The highest BCUT2D eigenvalue weighted by atomic mass is 16.5. The van der Waals surface area contributed by atoms with Gasteiger partial charge in [-0.3, -0.25) is 0 Å². The molecular formula is C16H19N5O. The molecule has 1 aromatic carbocycles. The first-order valence-corrected chi connectivity index (χ1v) is 7.33. The number of ether oxygens (including phenoxy) is 1. The Bertz CT molecular complexity index is 741. The molecule has 3 aromatic rings. The standard InChI is InChI=1S/C16H19N5O/c1-12(7-8-22-13-5-3-2-4-6-13)9-21-11-20-14-15(17)18-10-19-16(14)21/h2-6,10-12H,7-9H2,1H3,(H2,17,18,19)/t12-/m0/s1. The van der Waals surface area contributed by atoms with Crippen molar-refractivity contribution >= 4 is 17.0 Å². The van der Waals surface area contributed by atoms with Crippen LogP contribution in [-0.4, -0.2) is 26.1 Å². The van der Waals surface area contributed by atoms with Gasteiger partial charge in [0.2, 0.25) is 0 Å². The average Bonchev–Trinajstić information content (AvgIpc) is 2.93. The highest BCUT2D eigenvalue weighted by Crippen LogP contribution is 2.17. The number of nitrogens with two attached hydrogens (primary N) is 1. The van der Waals surface area contributed by atoms with E-state index in [0.717, 1.165) is 24.4 Å². The van der Waals surface area contributed by atoms with Crippen molar-refractivity contribution in [3.8, 4) is 5.75 Å². The first-order valence-electron chi connectivity index (χ1n) is 7.33. The van der Waals surface area contributed by atoms with Crippen molar-refractivity contribution in [1.82, 2.24) is 19.5 Å². The van der Waals surface area contributed by atoms with Crippen LogP contribution >= 0.6 is 0 Å². The number of hydrogen-bond acceptors (Lipinski definition) is 5. The molecule has 0 aliphatic carbocycles. The van der Waals surface area contributed by atoms with Crippen molar-refractivity contribution in [3.63, 3.8) is 0 Å². The zero-order chi connectivity index (χ0) is 15.4. The molecule has 114 valence electrons. The molecule has 2 heterocycles. The van der Waals surface area contributed by atoms with Crippen LogP contribution in [0.25, 0.3) is 11.2 Å². The minimum Gasteiger partial charge on any atom is -0.494 e. The fourth-order valence-corrected chi connectivity index (χ4v) is 2.35. The summed E-state index contributed by atoms with van der Waals surface area (Å²) in [5.74, 6) is 1.77.